The smallest absolute Gasteiger partial charge is 0.324 e. The lowest BCUT2D eigenvalue weighted by molar-refractivity contribution is -0.155. The number of esters is 1. The molecule has 66 heavy (non-hydrogen) atoms. The summed E-state index contributed by atoms with van der Waals surface area (Å²) >= 11 is 1.41. The van der Waals surface area contributed by atoms with Crippen molar-refractivity contribution in [1.82, 2.24) is 45.3 Å². The van der Waals surface area contributed by atoms with Crippen LogP contribution in [0.3, 0.4) is 0 Å². The predicted molar refractivity (Wildman–Crippen MR) is 256 cm³/mol. The van der Waals surface area contributed by atoms with Gasteiger partial charge in [-0.15, -0.1) is 11.3 Å². The minimum absolute atomic E-state index is 0.0255. The van der Waals surface area contributed by atoms with Crippen LogP contribution in [0, 0.1) is 11.3 Å². The molecule has 7 rings (SSSR count). The van der Waals surface area contributed by atoms with E-state index in [0.29, 0.717) is 43.9 Å². The molecule has 5 atom stereocenters. The zero-order valence-electron chi connectivity index (χ0n) is 40.2. The van der Waals surface area contributed by atoms with Gasteiger partial charge < -0.3 is 39.4 Å². The molecule has 358 valence electrons. The summed E-state index contributed by atoms with van der Waals surface area (Å²) in [6.45, 7) is 14.5. The molecular weight excluding hydrogens is 861 g/mol. The van der Waals surface area contributed by atoms with Crippen molar-refractivity contribution in [3.8, 4) is 11.3 Å². The number of aliphatic imine (C=N–C) groups is 1. The molecule has 4 aliphatic heterocycles. The van der Waals surface area contributed by atoms with Gasteiger partial charge in [0.15, 0.2) is 0 Å². The van der Waals surface area contributed by atoms with E-state index in [9.17, 15) is 24.0 Å². The normalized spacial score (nSPS) is 21.9. The summed E-state index contributed by atoms with van der Waals surface area (Å²) in [5.74, 6) is -1.72. The monoisotopic (exact) mass is 928 g/mol. The van der Waals surface area contributed by atoms with E-state index in [0.717, 1.165) is 64.1 Å². The van der Waals surface area contributed by atoms with E-state index in [2.05, 4.69) is 59.6 Å². The van der Waals surface area contributed by atoms with E-state index in [1.165, 1.54) is 26.1 Å². The van der Waals surface area contributed by atoms with Gasteiger partial charge in [-0.25, -0.2) is 15.2 Å². The topological polar surface area (TPSA) is 193 Å². The fraction of sp³-hybridized carbons (Fsp3) is 0.604. The van der Waals surface area contributed by atoms with Crippen LogP contribution in [0.2, 0.25) is 0 Å². The number of cyclic esters (lactones) is 1. The van der Waals surface area contributed by atoms with Crippen LogP contribution < -0.4 is 16.1 Å². The van der Waals surface area contributed by atoms with Gasteiger partial charge in [0.2, 0.25) is 11.8 Å². The SMILES string of the molecule is CCn1c(C2=C([C@H](C)OC)N=CCC2)c2c3cc(ccc31)-c1csc(n1)C[C@H](NC(=O)[C@H](C(C)C)N(C)C(=O)N(C)CCN(C)C(=O)[C@@H]1CN1)C(=O)N1CCC[C@H](N1)C(=O)OCC(C)(C)C2. The van der Waals surface area contributed by atoms with Gasteiger partial charge in [0.05, 0.1) is 40.8 Å². The van der Waals surface area contributed by atoms with Gasteiger partial charge in [-0.05, 0) is 69.6 Å². The van der Waals surface area contributed by atoms with E-state index in [1.54, 1.807) is 33.2 Å². The van der Waals surface area contributed by atoms with Crippen molar-refractivity contribution in [1.29, 1.82) is 0 Å². The summed E-state index contributed by atoms with van der Waals surface area (Å²) in [4.78, 5) is 83.7. The van der Waals surface area contributed by atoms with Crippen LogP contribution in [0.15, 0.2) is 34.3 Å². The maximum atomic E-state index is 14.6. The van der Waals surface area contributed by atoms with Crippen molar-refractivity contribution in [2.24, 2.45) is 16.3 Å². The van der Waals surface area contributed by atoms with E-state index in [-0.39, 0.29) is 43.5 Å². The van der Waals surface area contributed by atoms with Crippen LogP contribution in [0.4, 0.5) is 4.79 Å². The largest absolute Gasteiger partial charge is 0.464 e. The molecule has 5 amide bonds. The molecule has 18 heteroatoms. The Morgan fingerprint density at radius 2 is 1.85 bits per heavy atom. The number of methoxy groups -OCH3 is 1. The summed E-state index contributed by atoms with van der Waals surface area (Å²) in [6, 6.07) is 3.06. The third-order valence-electron chi connectivity index (χ3n) is 13.2. The Morgan fingerprint density at radius 1 is 1.11 bits per heavy atom. The van der Waals surface area contributed by atoms with Gasteiger partial charge in [0.1, 0.15) is 18.1 Å². The minimum atomic E-state index is -1.08. The van der Waals surface area contributed by atoms with Crippen molar-refractivity contribution in [2.75, 3.05) is 61.0 Å². The second kappa shape index (κ2) is 20.4. The number of carbonyl (C=O) groups excluding carboxylic acids is 5. The molecule has 2 saturated heterocycles. The molecule has 6 heterocycles. The number of fused-ring (bicyclic) bond motifs is 6. The van der Waals surface area contributed by atoms with Crippen LogP contribution in [-0.2, 0) is 48.0 Å². The number of nitrogens with zero attached hydrogens (tertiary/aromatic N) is 7. The molecule has 0 radical (unpaired) electrons. The zero-order valence-corrected chi connectivity index (χ0v) is 41.0. The Morgan fingerprint density at radius 3 is 2.55 bits per heavy atom. The van der Waals surface area contributed by atoms with E-state index in [1.807, 2.05) is 32.4 Å². The molecule has 4 aliphatic rings. The third kappa shape index (κ3) is 10.5. The number of urea groups is 1. The maximum absolute atomic E-state index is 14.6. The number of hydrogen-bond acceptors (Lipinski definition) is 12. The van der Waals surface area contributed by atoms with Gasteiger partial charge in [-0.2, -0.15) is 0 Å². The first-order chi connectivity index (χ1) is 31.4. The molecule has 0 aliphatic carbocycles. The Hall–Kier alpha value is -5.17. The quantitative estimate of drug-likeness (QED) is 0.172. The van der Waals surface area contributed by atoms with Crippen LogP contribution in [0.5, 0.6) is 0 Å². The second-order valence-electron chi connectivity index (χ2n) is 19.3. The summed E-state index contributed by atoms with van der Waals surface area (Å²) in [5.41, 5.74) is 9.75. The summed E-state index contributed by atoms with van der Waals surface area (Å²) in [6.07, 6.45) is 5.09. The summed E-state index contributed by atoms with van der Waals surface area (Å²) in [5, 5.41) is 11.1. The number of benzene rings is 1. The van der Waals surface area contributed by atoms with Crippen molar-refractivity contribution in [2.45, 2.75) is 117 Å². The number of allylic oxidation sites excluding steroid dienone is 1. The van der Waals surface area contributed by atoms with Crippen molar-refractivity contribution >= 4 is 63.7 Å². The highest BCUT2D eigenvalue weighted by Crippen LogP contribution is 2.42. The number of aromatic nitrogens is 2. The fourth-order valence-electron chi connectivity index (χ4n) is 9.40. The standard InChI is InChI=1S/C48H68N10O7S/c1-11-57-38-17-16-30-22-32(38)33(42(57)31-14-12-18-49-40(31)29(4)64-10)24-48(5,6)27-65-46(62)34-15-13-19-58(53-34)45(61)35(23-39-51-37(30)26-66-39)52-43(59)41(28(2)3)56(9)47(63)55(8)21-20-54(7)44(60)36-25-50-36/h16-18,22,26,28-29,34-36,41,50,53H,11-15,19-21,23-25,27H2,1-10H3,(H,52,59)/t29-,34-,35-,36-,41-/m0/s1. The first kappa shape index (κ1) is 48.8. The highest BCUT2D eigenvalue weighted by Gasteiger charge is 2.39. The molecule has 3 aromatic rings. The second-order valence-corrected chi connectivity index (χ2v) is 20.2. The molecule has 6 bridgehead atoms. The average molecular weight is 929 g/mol. The maximum Gasteiger partial charge on any atom is 0.324 e. The number of hydrogen-bond donors (Lipinski definition) is 3. The first-order valence-electron chi connectivity index (χ1n) is 23.3. The van der Waals surface area contributed by atoms with Crippen LogP contribution in [0.1, 0.15) is 83.5 Å². The molecule has 1 aromatic carbocycles. The van der Waals surface area contributed by atoms with Crippen LogP contribution >= 0.6 is 11.3 Å². The third-order valence-corrected chi connectivity index (χ3v) is 14.1. The lowest BCUT2D eigenvalue weighted by Crippen LogP contribution is -2.62. The van der Waals surface area contributed by atoms with Crippen LogP contribution in [0.25, 0.3) is 27.7 Å². The molecule has 17 nitrogen and oxygen atoms in total. The van der Waals surface area contributed by atoms with Crippen molar-refractivity contribution in [3.05, 3.63) is 45.5 Å². The lowest BCUT2D eigenvalue weighted by atomic mass is 9.83. The lowest BCUT2D eigenvalue weighted by Gasteiger charge is -2.37. The molecule has 2 fully saturated rings. The number of ether oxygens (including phenoxy) is 2. The predicted octanol–water partition coefficient (Wildman–Crippen LogP) is 4.48. The Balaban J connectivity index is 1.23. The molecule has 0 unspecified atom stereocenters. The summed E-state index contributed by atoms with van der Waals surface area (Å²) < 4.78 is 14.3. The summed E-state index contributed by atoms with van der Waals surface area (Å²) in [7, 11) is 6.63. The number of thiazole rings is 1. The molecule has 2 aromatic heterocycles. The van der Waals surface area contributed by atoms with E-state index in [4.69, 9.17) is 19.5 Å². The Kier molecular flexibility index (Phi) is 15.0. The molecule has 3 N–H and O–H groups in total. The van der Waals surface area contributed by atoms with E-state index >= 15 is 0 Å². The average Bonchev–Trinajstić information content (AvgIpc) is 3.98. The fourth-order valence-corrected chi connectivity index (χ4v) is 10.3. The molecule has 0 saturated carbocycles. The van der Waals surface area contributed by atoms with Gasteiger partial charge >= 0.3 is 12.0 Å². The van der Waals surface area contributed by atoms with Gasteiger partial charge in [0.25, 0.3) is 5.91 Å². The number of carbonyl (C=O) groups is 5. The zero-order chi connectivity index (χ0) is 47.6. The highest BCUT2D eigenvalue weighted by atomic mass is 32.1. The number of aryl methyl sites for hydroxylation is 1. The number of rotatable bonds is 12. The Bertz CT molecular complexity index is 2380. The van der Waals surface area contributed by atoms with Gasteiger partial charge in [0, 0.05) is 106 Å². The first-order valence-corrected chi connectivity index (χ1v) is 24.2. The van der Waals surface area contributed by atoms with Gasteiger partial charge in [-0.3, -0.25) is 29.2 Å². The number of likely N-dealkylation sites (N-methyl/N-ethyl adjacent to an activating group) is 3. The number of hydrazine groups is 1. The molecular formula is C48H68N10O7S. The number of nitrogens with one attached hydrogen (secondary N) is 3. The van der Waals surface area contributed by atoms with Gasteiger partial charge in [-0.1, -0.05) is 33.8 Å². The minimum Gasteiger partial charge on any atom is -0.464 e. The highest BCUT2D eigenvalue weighted by molar-refractivity contribution is 7.10. The molecule has 0 spiro atoms. The van der Waals surface area contributed by atoms with Crippen molar-refractivity contribution in [3.63, 3.8) is 0 Å². The van der Waals surface area contributed by atoms with Crippen molar-refractivity contribution < 1.29 is 33.4 Å². The van der Waals surface area contributed by atoms with E-state index < -0.39 is 47.4 Å². The Labute approximate surface area is 392 Å². The number of amides is 5. The van der Waals surface area contributed by atoms with Crippen LogP contribution in [-0.4, -0.2) is 157 Å².